The van der Waals surface area contributed by atoms with Gasteiger partial charge in [-0.2, -0.15) is 13.1 Å². The van der Waals surface area contributed by atoms with Crippen molar-refractivity contribution >= 4 is 44.5 Å². The summed E-state index contributed by atoms with van der Waals surface area (Å²) in [5.74, 6) is -0.290. The Balaban J connectivity index is 1.50. The standard InChI is InChI=1S/C22H23FIN5O5S/c1-25-35(32,33)34-18-8-17(19(23)21(18)31)28-22-16(9-26-12-27-22)20(30)14-5-6-29(11-14)10-13-3-2-4-15(24)7-13/h2-7,9,11-12,17-19,21,25,31H,8,10H2,1H3,(H,26,27,28)/t17-,18-,19-,21-/m1/s1. The minimum Gasteiger partial charge on any atom is -0.387 e. The van der Waals surface area contributed by atoms with Gasteiger partial charge in [-0.15, -0.1) is 0 Å². The summed E-state index contributed by atoms with van der Waals surface area (Å²) in [6, 6.07) is 8.66. The van der Waals surface area contributed by atoms with Crippen LogP contribution in [0.15, 0.2) is 55.2 Å². The van der Waals surface area contributed by atoms with Crippen LogP contribution in [0.5, 0.6) is 0 Å². The second-order valence-corrected chi connectivity index (χ2v) is 10.8. The largest absolute Gasteiger partial charge is 0.387 e. The Labute approximate surface area is 215 Å². The molecule has 0 radical (unpaired) electrons. The van der Waals surface area contributed by atoms with E-state index in [4.69, 9.17) is 4.18 Å². The minimum atomic E-state index is -4.12. The molecule has 1 saturated carbocycles. The quantitative estimate of drug-likeness (QED) is 0.246. The summed E-state index contributed by atoms with van der Waals surface area (Å²) >= 11 is 2.24. The van der Waals surface area contributed by atoms with E-state index in [1.165, 1.54) is 12.5 Å². The van der Waals surface area contributed by atoms with Crippen LogP contribution in [0, 0.1) is 3.57 Å². The Morgan fingerprint density at radius 3 is 2.91 bits per heavy atom. The zero-order valence-corrected chi connectivity index (χ0v) is 21.5. The van der Waals surface area contributed by atoms with Crippen LogP contribution in [0.2, 0.25) is 0 Å². The Kier molecular flexibility index (Phi) is 7.80. The third-order valence-corrected chi connectivity index (χ3v) is 7.30. The molecule has 0 amide bonds. The van der Waals surface area contributed by atoms with Gasteiger partial charge in [0.1, 0.15) is 30.5 Å². The van der Waals surface area contributed by atoms with Crippen LogP contribution in [0.3, 0.4) is 0 Å². The predicted octanol–water partition coefficient (Wildman–Crippen LogP) is 1.89. The maximum atomic E-state index is 14.8. The molecule has 0 spiro atoms. The molecular weight excluding hydrogens is 592 g/mol. The van der Waals surface area contributed by atoms with Gasteiger partial charge in [0.15, 0.2) is 5.78 Å². The van der Waals surface area contributed by atoms with Crippen LogP contribution in [-0.4, -0.2) is 65.3 Å². The van der Waals surface area contributed by atoms with Gasteiger partial charge >= 0.3 is 10.3 Å². The SMILES string of the molecule is CNS(=O)(=O)O[C@@H]1C[C@@H](Nc2ncncc2C(=O)c2ccn(Cc3cccc(I)c3)c2)[C@@H](F)[C@@H]1O. The average molecular weight is 615 g/mol. The number of ketones is 1. The van der Waals surface area contributed by atoms with Gasteiger partial charge in [0.2, 0.25) is 0 Å². The van der Waals surface area contributed by atoms with E-state index in [1.54, 1.807) is 18.5 Å². The molecule has 4 rings (SSSR count). The number of aliphatic hydroxyl groups excluding tert-OH is 1. The highest BCUT2D eigenvalue weighted by Crippen LogP contribution is 2.30. The first-order valence-electron chi connectivity index (χ1n) is 10.6. The molecule has 0 bridgehead atoms. The van der Waals surface area contributed by atoms with E-state index in [1.807, 2.05) is 27.5 Å². The van der Waals surface area contributed by atoms with Gasteiger partial charge in [-0.3, -0.25) is 8.98 Å². The predicted molar refractivity (Wildman–Crippen MR) is 134 cm³/mol. The molecule has 0 unspecified atom stereocenters. The smallest absolute Gasteiger partial charge is 0.335 e. The normalized spacial score (nSPS) is 22.3. The van der Waals surface area contributed by atoms with E-state index in [9.17, 15) is 22.7 Å². The number of halogens is 2. The summed E-state index contributed by atoms with van der Waals surface area (Å²) in [5, 5.41) is 12.9. The summed E-state index contributed by atoms with van der Waals surface area (Å²) in [5.41, 5.74) is 1.61. The van der Waals surface area contributed by atoms with Crippen LogP contribution in [-0.2, 0) is 21.0 Å². The molecule has 2 heterocycles. The summed E-state index contributed by atoms with van der Waals surface area (Å²) < 4.78 is 47.8. The summed E-state index contributed by atoms with van der Waals surface area (Å²) in [4.78, 5) is 21.2. The molecule has 4 atom stereocenters. The summed E-state index contributed by atoms with van der Waals surface area (Å²) in [7, 11) is -2.98. The molecule has 186 valence electrons. The minimum absolute atomic E-state index is 0.0762. The average Bonchev–Trinajstić information content (AvgIpc) is 3.39. The van der Waals surface area contributed by atoms with Gasteiger partial charge in [0.25, 0.3) is 0 Å². The summed E-state index contributed by atoms with van der Waals surface area (Å²) in [6.07, 6.45) is 1.06. The molecular formula is C22H23FIN5O5S. The maximum absolute atomic E-state index is 14.8. The van der Waals surface area contributed by atoms with Crippen molar-refractivity contribution in [3.8, 4) is 0 Å². The van der Waals surface area contributed by atoms with Crippen LogP contribution >= 0.6 is 22.6 Å². The van der Waals surface area contributed by atoms with Gasteiger partial charge < -0.3 is 15.0 Å². The van der Waals surface area contributed by atoms with Crippen LogP contribution in [0.1, 0.15) is 27.9 Å². The van der Waals surface area contributed by atoms with Gasteiger partial charge in [0.05, 0.1) is 11.6 Å². The Morgan fingerprint density at radius 2 is 2.17 bits per heavy atom. The summed E-state index contributed by atoms with van der Waals surface area (Å²) in [6.45, 7) is 0.584. The fourth-order valence-electron chi connectivity index (χ4n) is 3.87. The molecule has 1 aliphatic rings. The van der Waals surface area contributed by atoms with Crippen LogP contribution in [0.4, 0.5) is 10.2 Å². The van der Waals surface area contributed by atoms with Crippen molar-refractivity contribution in [2.45, 2.75) is 37.4 Å². The highest BCUT2D eigenvalue weighted by atomic mass is 127. The number of hydrogen-bond donors (Lipinski definition) is 3. The van der Waals surface area contributed by atoms with Crippen molar-refractivity contribution < 1.29 is 26.9 Å². The Hall–Kier alpha value is -2.46. The fraction of sp³-hybridized carbons (Fsp3) is 0.318. The second kappa shape index (κ2) is 10.7. The van der Waals surface area contributed by atoms with Crippen LogP contribution in [0.25, 0.3) is 0 Å². The zero-order chi connectivity index (χ0) is 25.2. The first kappa shape index (κ1) is 25.6. The van der Waals surface area contributed by atoms with E-state index in [-0.39, 0.29) is 23.6 Å². The monoisotopic (exact) mass is 615 g/mol. The molecule has 13 heteroatoms. The van der Waals surface area contributed by atoms with Gasteiger partial charge in [-0.1, -0.05) is 12.1 Å². The maximum Gasteiger partial charge on any atom is 0.335 e. The zero-order valence-electron chi connectivity index (χ0n) is 18.5. The number of carbonyl (C=O) groups excluding carboxylic acids is 1. The lowest BCUT2D eigenvalue weighted by Gasteiger charge is -2.17. The number of hydrogen-bond acceptors (Lipinski definition) is 8. The van der Waals surface area contributed by atoms with Gasteiger partial charge in [-0.05, 0) is 46.4 Å². The van der Waals surface area contributed by atoms with Crippen molar-refractivity contribution in [2.75, 3.05) is 12.4 Å². The van der Waals surface area contributed by atoms with E-state index in [0.29, 0.717) is 12.1 Å². The number of carbonyl (C=O) groups is 1. The molecule has 3 N–H and O–H groups in total. The molecule has 1 aliphatic carbocycles. The molecule has 2 aromatic heterocycles. The molecule has 0 aliphatic heterocycles. The van der Waals surface area contributed by atoms with E-state index >= 15 is 0 Å². The molecule has 3 aromatic rings. The van der Waals surface area contributed by atoms with Crippen molar-refractivity contribution in [1.82, 2.24) is 19.3 Å². The first-order chi connectivity index (χ1) is 16.7. The lowest BCUT2D eigenvalue weighted by Crippen LogP contribution is -2.35. The molecule has 0 saturated heterocycles. The van der Waals surface area contributed by atoms with Gasteiger partial charge in [0, 0.05) is 47.7 Å². The highest BCUT2D eigenvalue weighted by molar-refractivity contribution is 14.1. The third kappa shape index (κ3) is 6.03. The van der Waals surface area contributed by atoms with Crippen molar-refractivity contribution in [2.24, 2.45) is 0 Å². The molecule has 1 aromatic carbocycles. The lowest BCUT2D eigenvalue weighted by molar-refractivity contribution is 0.0248. The fourth-order valence-corrected chi connectivity index (χ4v) is 5.09. The van der Waals surface area contributed by atoms with E-state index < -0.39 is 34.7 Å². The van der Waals surface area contributed by atoms with Crippen molar-refractivity contribution in [3.05, 3.63) is 75.5 Å². The topological polar surface area (TPSA) is 135 Å². The van der Waals surface area contributed by atoms with E-state index in [2.05, 4.69) is 43.9 Å². The second-order valence-electron chi connectivity index (χ2n) is 8.03. The van der Waals surface area contributed by atoms with Gasteiger partial charge in [-0.25, -0.2) is 14.4 Å². The number of alkyl halides is 1. The Morgan fingerprint density at radius 1 is 1.37 bits per heavy atom. The van der Waals surface area contributed by atoms with Crippen molar-refractivity contribution in [1.29, 1.82) is 0 Å². The number of benzene rings is 1. The lowest BCUT2D eigenvalue weighted by atomic mass is 10.1. The van der Waals surface area contributed by atoms with Crippen molar-refractivity contribution in [3.63, 3.8) is 0 Å². The number of aromatic nitrogens is 3. The Bertz CT molecular complexity index is 1320. The number of aliphatic hydroxyl groups is 1. The van der Waals surface area contributed by atoms with E-state index in [0.717, 1.165) is 16.2 Å². The number of rotatable bonds is 9. The number of nitrogens with one attached hydrogen (secondary N) is 2. The number of anilines is 1. The number of nitrogens with zero attached hydrogens (tertiary/aromatic N) is 3. The van der Waals surface area contributed by atoms with Crippen LogP contribution < -0.4 is 10.0 Å². The molecule has 35 heavy (non-hydrogen) atoms. The highest BCUT2D eigenvalue weighted by Gasteiger charge is 2.46. The third-order valence-electron chi connectivity index (χ3n) is 5.62. The molecule has 1 fully saturated rings. The molecule has 10 nitrogen and oxygen atoms in total. The first-order valence-corrected chi connectivity index (χ1v) is 13.1.